The van der Waals surface area contributed by atoms with Gasteiger partial charge in [-0.05, 0) is 13.8 Å². The van der Waals surface area contributed by atoms with Gasteiger partial charge in [-0.25, -0.2) is 8.42 Å². The van der Waals surface area contributed by atoms with E-state index in [9.17, 15) is 18.6 Å². The van der Waals surface area contributed by atoms with Crippen molar-refractivity contribution >= 4 is 9.84 Å². The van der Waals surface area contributed by atoms with E-state index in [1.54, 1.807) is 13.8 Å². The monoisotopic (exact) mass is 398 g/mol. The molecule has 0 bridgehead atoms. The van der Waals surface area contributed by atoms with Crippen LogP contribution in [0.4, 0.5) is 0 Å². The number of hydrogen-bond donors (Lipinski definition) is 2. The van der Waals surface area contributed by atoms with Crippen LogP contribution in [0.3, 0.4) is 0 Å². The molecule has 0 amide bonds. The highest BCUT2D eigenvalue weighted by Gasteiger charge is 2.29. The van der Waals surface area contributed by atoms with Gasteiger partial charge in [-0.3, -0.25) is 0 Å². The molecule has 2 rings (SSSR count). The third-order valence-corrected chi connectivity index (χ3v) is 5.48. The summed E-state index contributed by atoms with van der Waals surface area (Å²) in [6.07, 6.45) is 0. The maximum Gasteiger partial charge on any atom is 0.214 e. The van der Waals surface area contributed by atoms with Gasteiger partial charge in [0.2, 0.25) is 9.84 Å². The fraction of sp³-hybridized carbons (Fsp3) is 0.333. The van der Waals surface area contributed by atoms with Crippen LogP contribution in [0, 0.1) is 0 Å². The summed E-state index contributed by atoms with van der Waals surface area (Å²) < 4.78 is 47.1. The molecule has 0 radical (unpaired) electrons. The Bertz CT molecular complexity index is 852. The fourth-order valence-corrected chi connectivity index (χ4v) is 3.90. The van der Waals surface area contributed by atoms with Gasteiger partial charge in [-0.15, -0.1) is 0 Å². The quantitative estimate of drug-likeness (QED) is 0.698. The molecule has 2 aromatic carbocycles. The lowest BCUT2D eigenvalue weighted by molar-refractivity contribution is 0.306. The topological polar surface area (TPSA) is 112 Å². The van der Waals surface area contributed by atoms with Crippen molar-refractivity contribution in [3.8, 4) is 34.5 Å². The van der Waals surface area contributed by atoms with Crippen molar-refractivity contribution in [3.63, 3.8) is 0 Å². The highest BCUT2D eigenvalue weighted by atomic mass is 32.2. The van der Waals surface area contributed by atoms with E-state index in [-0.39, 0.29) is 36.2 Å². The normalized spacial score (nSPS) is 11.1. The molecule has 0 saturated carbocycles. The van der Waals surface area contributed by atoms with Gasteiger partial charge in [-0.2, -0.15) is 0 Å². The maximum atomic E-state index is 13.1. The molecule has 0 aromatic heterocycles. The van der Waals surface area contributed by atoms with Gasteiger partial charge >= 0.3 is 0 Å². The van der Waals surface area contributed by atoms with E-state index in [1.165, 1.54) is 14.2 Å². The summed E-state index contributed by atoms with van der Waals surface area (Å²) in [7, 11) is -1.56. The summed E-state index contributed by atoms with van der Waals surface area (Å²) in [4.78, 5) is -0.871. The molecule has 2 N–H and O–H groups in total. The van der Waals surface area contributed by atoms with Gasteiger partial charge in [0.15, 0.2) is 23.0 Å². The summed E-state index contributed by atoms with van der Waals surface area (Å²) >= 11 is 0. The zero-order valence-electron chi connectivity index (χ0n) is 15.5. The Morgan fingerprint density at radius 3 is 1.41 bits per heavy atom. The Labute approximate surface area is 157 Å². The lowest BCUT2D eigenvalue weighted by Gasteiger charge is -2.16. The number of benzene rings is 2. The Balaban J connectivity index is 2.69. The van der Waals surface area contributed by atoms with E-state index in [2.05, 4.69) is 0 Å². The summed E-state index contributed by atoms with van der Waals surface area (Å²) in [5.41, 5.74) is 0. The summed E-state index contributed by atoms with van der Waals surface area (Å²) in [6, 6.07) is 4.58. The highest BCUT2D eigenvalue weighted by Crippen LogP contribution is 2.43. The average molecular weight is 398 g/mol. The van der Waals surface area contributed by atoms with E-state index < -0.39 is 31.1 Å². The SMILES string of the molecule is CCOc1cc(S(=O)(=O)c2cc(OCC)c(OC)cc2O)c(O)cc1OC. The molecule has 2 aromatic rings. The van der Waals surface area contributed by atoms with E-state index in [1.807, 2.05) is 0 Å². The molecule has 0 unspecified atom stereocenters. The summed E-state index contributed by atoms with van der Waals surface area (Å²) in [5, 5.41) is 20.4. The molecular weight excluding hydrogens is 376 g/mol. The zero-order chi connectivity index (χ0) is 20.2. The third-order valence-electron chi connectivity index (χ3n) is 3.67. The highest BCUT2D eigenvalue weighted by molar-refractivity contribution is 7.91. The number of rotatable bonds is 8. The largest absolute Gasteiger partial charge is 0.506 e. The Morgan fingerprint density at radius 2 is 1.11 bits per heavy atom. The summed E-state index contributed by atoms with van der Waals surface area (Å²) in [6.45, 7) is 3.99. The molecule has 9 heteroatoms. The number of aromatic hydroxyl groups is 2. The zero-order valence-corrected chi connectivity index (χ0v) is 16.3. The minimum atomic E-state index is -4.30. The van der Waals surface area contributed by atoms with Crippen LogP contribution in [-0.2, 0) is 9.84 Å². The summed E-state index contributed by atoms with van der Waals surface area (Å²) in [5.74, 6) is -0.416. The van der Waals surface area contributed by atoms with Crippen LogP contribution in [0.15, 0.2) is 34.1 Å². The van der Waals surface area contributed by atoms with Crippen molar-refractivity contribution in [1.29, 1.82) is 0 Å². The first-order valence-electron chi connectivity index (χ1n) is 8.12. The number of phenolic OH excluding ortho intramolecular Hbond substituents is 2. The molecule has 0 fully saturated rings. The Morgan fingerprint density at radius 1 is 0.741 bits per heavy atom. The molecule has 8 nitrogen and oxygen atoms in total. The number of ether oxygens (including phenoxy) is 4. The van der Waals surface area contributed by atoms with E-state index in [0.29, 0.717) is 0 Å². The van der Waals surface area contributed by atoms with Gasteiger partial charge in [0, 0.05) is 24.3 Å². The number of hydrogen-bond acceptors (Lipinski definition) is 8. The number of sulfone groups is 1. The van der Waals surface area contributed by atoms with Crippen LogP contribution < -0.4 is 18.9 Å². The van der Waals surface area contributed by atoms with Gasteiger partial charge in [0.1, 0.15) is 21.3 Å². The molecule has 0 heterocycles. The first-order chi connectivity index (χ1) is 12.8. The smallest absolute Gasteiger partial charge is 0.214 e. The Hall–Kier alpha value is -2.81. The Kier molecular flexibility index (Phi) is 6.27. The first kappa shape index (κ1) is 20.5. The third kappa shape index (κ3) is 3.97. The minimum absolute atomic E-state index is 0.148. The molecule has 0 aliphatic heterocycles. The minimum Gasteiger partial charge on any atom is -0.506 e. The lowest BCUT2D eigenvalue weighted by atomic mass is 10.3. The van der Waals surface area contributed by atoms with E-state index >= 15 is 0 Å². The van der Waals surface area contributed by atoms with Crippen LogP contribution >= 0.6 is 0 Å². The second-order valence-corrected chi connectivity index (χ2v) is 7.20. The fourth-order valence-electron chi connectivity index (χ4n) is 2.47. The predicted octanol–water partition coefficient (Wildman–Crippen LogP) is 2.75. The van der Waals surface area contributed by atoms with Crippen molar-refractivity contribution in [2.75, 3.05) is 27.4 Å². The molecule has 0 aliphatic carbocycles. The van der Waals surface area contributed by atoms with Gasteiger partial charge in [0.25, 0.3) is 0 Å². The van der Waals surface area contributed by atoms with Crippen molar-refractivity contribution in [2.24, 2.45) is 0 Å². The van der Waals surface area contributed by atoms with E-state index in [4.69, 9.17) is 18.9 Å². The molecule has 0 atom stereocenters. The van der Waals surface area contributed by atoms with Gasteiger partial charge in [0.05, 0.1) is 27.4 Å². The molecule has 148 valence electrons. The van der Waals surface area contributed by atoms with Crippen molar-refractivity contribution < 1.29 is 37.6 Å². The van der Waals surface area contributed by atoms with Gasteiger partial charge in [-0.1, -0.05) is 0 Å². The van der Waals surface area contributed by atoms with Crippen LogP contribution in [0.2, 0.25) is 0 Å². The van der Waals surface area contributed by atoms with Crippen LogP contribution in [0.1, 0.15) is 13.8 Å². The molecule has 0 spiro atoms. The standard InChI is InChI=1S/C18H22O8S/c1-5-25-15-9-17(11(19)7-13(15)23-3)27(21,22)18-10-16(26-6-2)14(24-4)8-12(18)20/h7-10,19-20H,5-6H2,1-4H3. The van der Waals surface area contributed by atoms with Gasteiger partial charge < -0.3 is 29.2 Å². The number of phenols is 2. The van der Waals surface area contributed by atoms with Crippen LogP contribution in [-0.4, -0.2) is 46.1 Å². The van der Waals surface area contributed by atoms with Crippen molar-refractivity contribution in [3.05, 3.63) is 24.3 Å². The first-order valence-corrected chi connectivity index (χ1v) is 9.61. The molecular formula is C18H22O8S. The number of methoxy groups -OCH3 is 2. The molecule has 0 saturated heterocycles. The molecule has 0 aliphatic rings. The van der Waals surface area contributed by atoms with Crippen LogP contribution in [0.5, 0.6) is 34.5 Å². The van der Waals surface area contributed by atoms with E-state index in [0.717, 1.165) is 24.3 Å². The van der Waals surface area contributed by atoms with Crippen molar-refractivity contribution in [1.82, 2.24) is 0 Å². The lowest BCUT2D eigenvalue weighted by Crippen LogP contribution is -2.06. The van der Waals surface area contributed by atoms with Crippen molar-refractivity contribution in [2.45, 2.75) is 23.6 Å². The second kappa shape index (κ2) is 8.26. The maximum absolute atomic E-state index is 13.1. The predicted molar refractivity (Wildman–Crippen MR) is 97.1 cm³/mol. The molecule has 27 heavy (non-hydrogen) atoms. The van der Waals surface area contributed by atoms with Crippen LogP contribution in [0.25, 0.3) is 0 Å². The second-order valence-electron chi connectivity index (χ2n) is 5.31. The average Bonchev–Trinajstić information content (AvgIpc) is 2.63.